The molecule has 8 heteroatoms. The van der Waals surface area contributed by atoms with E-state index in [1.165, 1.54) is 0 Å². The van der Waals surface area contributed by atoms with Gasteiger partial charge in [-0.25, -0.2) is 8.42 Å². The molecular formula is C17H18ClN3O3S. The van der Waals surface area contributed by atoms with E-state index in [0.717, 1.165) is 18.5 Å². The Kier molecular flexibility index (Phi) is 4.08. The summed E-state index contributed by atoms with van der Waals surface area (Å²) in [6.07, 6.45) is 2.66. The topological polar surface area (TPSA) is 81.1 Å². The molecule has 1 saturated carbocycles. The van der Waals surface area contributed by atoms with Crippen LogP contribution >= 0.6 is 11.6 Å². The van der Waals surface area contributed by atoms with Crippen LogP contribution in [0.4, 0.5) is 5.69 Å². The summed E-state index contributed by atoms with van der Waals surface area (Å²) in [7, 11) is -3.01. The predicted octanol–water partition coefficient (Wildman–Crippen LogP) is 3.03. The van der Waals surface area contributed by atoms with Gasteiger partial charge in [-0.3, -0.25) is 9.48 Å². The molecule has 132 valence electrons. The summed E-state index contributed by atoms with van der Waals surface area (Å²) in [6.45, 7) is 0. The zero-order valence-electron chi connectivity index (χ0n) is 13.5. The maximum absolute atomic E-state index is 12.6. The van der Waals surface area contributed by atoms with E-state index in [1.807, 2.05) is 0 Å². The van der Waals surface area contributed by atoms with Gasteiger partial charge in [0.25, 0.3) is 5.91 Å². The van der Waals surface area contributed by atoms with Gasteiger partial charge in [0.2, 0.25) is 0 Å². The lowest BCUT2D eigenvalue weighted by molar-refractivity contribution is 0.102. The van der Waals surface area contributed by atoms with Crippen LogP contribution in [0, 0.1) is 0 Å². The molecule has 25 heavy (non-hydrogen) atoms. The van der Waals surface area contributed by atoms with Gasteiger partial charge in [-0.05, 0) is 37.5 Å². The molecule has 1 atom stereocenters. The van der Waals surface area contributed by atoms with E-state index in [2.05, 4.69) is 10.4 Å². The number of amides is 1. The van der Waals surface area contributed by atoms with Gasteiger partial charge < -0.3 is 5.32 Å². The van der Waals surface area contributed by atoms with Crippen molar-refractivity contribution in [2.24, 2.45) is 0 Å². The zero-order valence-corrected chi connectivity index (χ0v) is 15.1. The van der Waals surface area contributed by atoms with E-state index >= 15 is 0 Å². The van der Waals surface area contributed by atoms with Gasteiger partial charge in [0, 0.05) is 11.6 Å². The van der Waals surface area contributed by atoms with Crippen LogP contribution in [0.3, 0.4) is 0 Å². The van der Waals surface area contributed by atoms with Crippen molar-refractivity contribution < 1.29 is 13.2 Å². The van der Waals surface area contributed by atoms with Crippen molar-refractivity contribution in [2.75, 3.05) is 16.8 Å². The molecular weight excluding hydrogens is 362 g/mol. The van der Waals surface area contributed by atoms with Gasteiger partial charge >= 0.3 is 0 Å². The average Bonchev–Trinajstić information content (AvgIpc) is 3.21. The molecule has 1 aromatic heterocycles. The lowest BCUT2D eigenvalue weighted by atomic mass is 10.2. The van der Waals surface area contributed by atoms with Crippen molar-refractivity contribution in [1.29, 1.82) is 0 Å². The Hall–Kier alpha value is -1.86. The third-order valence-corrected chi connectivity index (χ3v) is 6.75. The van der Waals surface area contributed by atoms with Gasteiger partial charge in [0.05, 0.1) is 28.3 Å². The predicted molar refractivity (Wildman–Crippen MR) is 95.9 cm³/mol. The molecule has 6 nitrogen and oxygen atoms in total. The molecule has 1 N–H and O–H groups in total. The second kappa shape index (κ2) is 6.14. The first kappa shape index (κ1) is 16.6. The number of rotatable bonds is 4. The first-order valence-electron chi connectivity index (χ1n) is 8.29. The minimum atomic E-state index is -3.01. The number of aromatic nitrogens is 2. The molecule has 2 aromatic rings. The number of hydrogen-bond donors (Lipinski definition) is 1. The highest BCUT2D eigenvalue weighted by molar-refractivity contribution is 7.91. The van der Waals surface area contributed by atoms with E-state index in [0.29, 0.717) is 28.7 Å². The van der Waals surface area contributed by atoms with E-state index < -0.39 is 9.84 Å². The quantitative estimate of drug-likeness (QED) is 0.885. The molecule has 0 radical (unpaired) electrons. The molecule has 2 heterocycles. The van der Waals surface area contributed by atoms with Crippen molar-refractivity contribution in [3.8, 4) is 0 Å². The van der Waals surface area contributed by atoms with Crippen molar-refractivity contribution >= 4 is 33.0 Å². The third-order valence-electron chi connectivity index (χ3n) is 4.67. The highest BCUT2D eigenvalue weighted by Crippen LogP contribution is 2.42. The van der Waals surface area contributed by atoms with Crippen LogP contribution in [0.25, 0.3) is 0 Å². The maximum atomic E-state index is 12.6. The highest BCUT2D eigenvalue weighted by Gasteiger charge is 2.36. The van der Waals surface area contributed by atoms with Crippen LogP contribution in [0.1, 0.15) is 47.4 Å². The summed E-state index contributed by atoms with van der Waals surface area (Å²) in [5.41, 5.74) is 1.79. The third kappa shape index (κ3) is 3.43. The first-order valence-corrected chi connectivity index (χ1v) is 10.5. The number of halogens is 1. The fraction of sp³-hybridized carbons (Fsp3) is 0.412. The SMILES string of the molecule is O=C(Nc1ccccc1Cl)c1cc(C2CC2)n(C2CCS(=O)(=O)C2)n1. The van der Waals surface area contributed by atoms with E-state index in [9.17, 15) is 13.2 Å². The molecule has 1 aliphatic carbocycles. The number of sulfone groups is 1. The normalized spacial score (nSPS) is 22.0. The molecule has 2 fully saturated rings. The fourth-order valence-corrected chi connectivity index (χ4v) is 5.09. The molecule has 4 rings (SSSR count). The Balaban J connectivity index is 1.61. The van der Waals surface area contributed by atoms with Gasteiger partial charge in [-0.15, -0.1) is 0 Å². The number of benzene rings is 1. The van der Waals surface area contributed by atoms with Gasteiger partial charge in [-0.1, -0.05) is 23.7 Å². The maximum Gasteiger partial charge on any atom is 0.276 e. The van der Waals surface area contributed by atoms with E-state index in [4.69, 9.17) is 11.6 Å². The number of anilines is 1. The van der Waals surface area contributed by atoms with Gasteiger partial charge in [0.1, 0.15) is 0 Å². The van der Waals surface area contributed by atoms with Gasteiger partial charge in [-0.2, -0.15) is 5.10 Å². The van der Waals surface area contributed by atoms with Crippen LogP contribution < -0.4 is 5.32 Å². The fourth-order valence-electron chi connectivity index (χ4n) is 3.21. The second-order valence-electron chi connectivity index (χ2n) is 6.66. The molecule has 1 aliphatic heterocycles. The largest absolute Gasteiger partial charge is 0.319 e. The number of para-hydroxylation sites is 1. The Labute approximate surface area is 151 Å². The summed E-state index contributed by atoms with van der Waals surface area (Å²) < 4.78 is 25.4. The Morgan fingerprint density at radius 1 is 1.24 bits per heavy atom. The van der Waals surface area contributed by atoms with Crippen molar-refractivity contribution in [1.82, 2.24) is 9.78 Å². The summed E-state index contributed by atoms with van der Waals surface area (Å²) in [5.74, 6) is 0.315. The standard InChI is InChI=1S/C17H18ClN3O3S/c18-13-3-1-2-4-14(13)19-17(22)15-9-16(11-5-6-11)21(20-15)12-7-8-25(23,24)10-12/h1-4,9,11-12H,5-8,10H2,(H,19,22). The van der Waals surface area contributed by atoms with Crippen LogP contribution in [-0.2, 0) is 9.84 Å². The highest BCUT2D eigenvalue weighted by atomic mass is 35.5. The zero-order chi connectivity index (χ0) is 17.6. The van der Waals surface area contributed by atoms with Gasteiger partial charge in [0.15, 0.2) is 15.5 Å². The number of carbonyl (C=O) groups is 1. The summed E-state index contributed by atoms with van der Waals surface area (Å²) in [4.78, 5) is 12.6. The Bertz CT molecular complexity index is 934. The van der Waals surface area contributed by atoms with Crippen LogP contribution in [-0.4, -0.2) is 35.6 Å². The monoisotopic (exact) mass is 379 g/mol. The Morgan fingerprint density at radius 3 is 2.64 bits per heavy atom. The minimum Gasteiger partial charge on any atom is -0.319 e. The first-order chi connectivity index (χ1) is 11.9. The second-order valence-corrected chi connectivity index (χ2v) is 9.30. The van der Waals surface area contributed by atoms with Crippen molar-refractivity contribution in [3.05, 3.63) is 46.7 Å². The lowest BCUT2D eigenvalue weighted by Crippen LogP contribution is -2.17. The lowest BCUT2D eigenvalue weighted by Gasteiger charge is -2.12. The molecule has 0 bridgehead atoms. The van der Waals surface area contributed by atoms with Crippen LogP contribution in [0.2, 0.25) is 5.02 Å². The average molecular weight is 380 g/mol. The number of nitrogens with zero attached hydrogens (tertiary/aromatic N) is 2. The minimum absolute atomic E-state index is 0.0972. The molecule has 1 unspecified atom stereocenters. The molecule has 2 aliphatic rings. The van der Waals surface area contributed by atoms with Crippen molar-refractivity contribution in [2.45, 2.75) is 31.2 Å². The van der Waals surface area contributed by atoms with E-state index in [1.54, 1.807) is 35.0 Å². The number of nitrogens with one attached hydrogen (secondary N) is 1. The molecule has 0 spiro atoms. The molecule has 1 aromatic carbocycles. The van der Waals surface area contributed by atoms with Crippen LogP contribution in [0.5, 0.6) is 0 Å². The summed E-state index contributed by atoms with van der Waals surface area (Å²) in [6, 6.07) is 8.62. The molecule has 1 saturated heterocycles. The number of carbonyl (C=O) groups excluding carboxylic acids is 1. The smallest absolute Gasteiger partial charge is 0.276 e. The summed E-state index contributed by atoms with van der Waals surface area (Å²) >= 11 is 6.08. The van der Waals surface area contributed by atoms with Crippen molar-refractivity contribution in [3.63, 3.8) is 0 Å². The Morgan fingerprint density at radius 2 is 2.00 bits per heavy atom. The number of hydrogen-bond acceptors (Lipinski definition) is 4. The molecule has 1 amide bonds. The van der Waals surface area contributed by atoms with E-state index in [-0.39, 0.29) is 23.5 Å². The van der Waals surface area contributed by atoms with Crippen LogP contribution in [0.15, 0.2) is 30.3 Å². The summed E-state index contributed by atoms with van der Waals surface area (Å²) in [5, 5.41) is 7.67.